The van der Waals surface area contributed by atoms with E-state index in [1.165, 1.54) is 6.07 Å². The maximum atomic E-state index is 12.2. The molecule has 0 aliphatic heterocycles. The molecule has 0 saturated heterocycles. The third-order valence-electron chi connectivity index (χ3n) is 2.57. The summed E-state index contributed by atoms with van der Waals surface area (Å²) in [6.45, 7) is 1.85. The molecular formula is C10H14N6O2S. The van der Waals surface area contributed by atoms with Crippen LogP contribution in [0.4, 0.5) is 5.69 Å². The minimum atomic E-state index is -3.65. The zero-order chi connectivity index (χ0) is 13.9. The highest BCUT2D eigenvalue weighted by atomic mass is 32.2. The quantitative estimate of drug-likeness (QED) is 0.653. The molecule has 0 fully saturated rings. The molecule has 19 heavy (non-hydrogen) atoms. The van der Waals surface area contributed by atoms with Gasteiger partial charge in [-0.2, -0.15) is 5.21 Å². The molecule has 9 heteroatoms. The molecule has 1 aromatic carbocycles. The lowest BCUT2D eigenvalue weighted by atomic mass is 10.1. The second-order valence-corrected chi connectivity index (χ2v) is 5.61. The Morgan fingerprint density at radius 1 is 1.42 bits per heavy atom. The van der Waals surface area contributed by atoms with Gasteiger partial charge in [-0.15, -0.1) is 10.2 Å². The third-order valence-corrected chi connectivity index (χ3v) is 4.05. The standard InChI is InChI=1S/C10H14N6O2S/c1-2-7-3-4-8(11)5-9(7)19(17,18)12-6-10-13-15-16-14-10/h3-5,12H,2,6,11H2,1H3,(H,13,14,15,16). The van der Waals surface area contributed by atoms with Crippen LogP contribution in [0.25, 0.3) is 0 Å². The summed E-state index contributed by atoms with van der Waals surface area (Å²) in [5.41, 5.74) is 6.74. The molecular weight excluding hydrogens is 268 g/mol. The number of benzene rings is 1. The Labute approximate surface area is 110 Å². The van der Waals surface area contributed by atoms with Gasteiger partial charge in [-0.3, -0.25) is 0 Å². The number of nitrogen functional groups attached to an aromatic ring is 1. The first-order chi connectivity index (χ1) is 9.03. The number of aromatic nitrogens is 4. The van der Waals surface area contributed by atoms with Crippen LogP contribution >= 0.6 is 0 Å². The summed E-state index contributed by atoms with van der Waals surface area (Å²) in [6.07, 6.45) is 0.596. The largest absolute Gasteiger partial charge is 0.399 e. The van der Waals surface area contributed by atoms with Crippen LogP contribution in [0.2, 0.25) is 0 Å². The molecule has 2 rings (SSSR count). The number of nitrogens with two attached hydrogens (primary N) is 1. The second-order valence-electron chi connectivity index (χ2n) is 3.87. The first kappa shape index (κ1) is 13.4. The average Bonchev–Trinajstić information content (AvgIpc) is 2.89. The number of tetrazole rings is 1. The van der Waals surface area contributed by atoms with Crippen molar-refractivity contribution in [2.75, 3.05) is 5.73 Å². The van der Waals surface area contributed by atoms with E-state index in [-0.39, 0.29) is 17.3 Å². The van der Waals surface area contributed by atoms with E-state index in [1.54, 1.807) is 12.1 Å². The van der Waals surface area contributed by atoms with E-state index in [2.05, 4.69) is 25.3 Å². The van der Waals surface area contributed by atoms with Gasteiger partial charge in [0.2, 0.25) is 10.0 Å². The minimum absolute atomic E-state index is 0.0310. The van der Waals surface area contributed by atoms with Crippen LogP contribution < -0.4 is 10.5 Å². The van der Waals surface area contributed by atoms with E-state index in [0.717, 1.165) is 0 Å². The Morgan fingerprint density at radius 2 is 2.21 bits per heavy atom. The van der Waals surface area contributed by atoms with Gasteiger partial charge in [0, 0.05) is 5.69 Å². The van der Waals surface area contributed by atoms with Crippen LogP contribution in [0, 0.1) is 0 Å². The van der Waals surface area contributed by atoms with Crippen molar-refractivity contribution >= 4 is 15.7 Å². The monoisotopic (exact) mass is 282 g/mol. The molecule has 0 saturated carbocycles. The van der Waals surface area contributed by atoms with Gasteiger partial charge < -0.3 is 5.73 Å². The number of aromatic amines is 1. The number of rotatable bonds is 5. The van der Waals surface area contributed by atoms with Crippen LogP contribution in [0.15, 0.2) is 23.1 Å². The zero-order valence-corrected chi connectivity index (χ0v) is 11.1. The highest BCUT2D eigenvalue weighted by molar-refractivity contribution is 7.89. The molecule has 0 amide bonds. The van der Waals surface area contributed by atoms with Crippen molar-refractivity contribution in [3.05, 3.63) is 29.6 Å². The predicted octanol–water partition coefficient (Wildman–Crippen LogP) is -0.177. The maximum absolute atomic E-state index is 12.2. The number of aryl methyl sites for hydroxylation is 1. The fourth-order valence-corrected chi connectivity index (χ4v) is 2.93. The van der Waals surface area contributed by atoms with Crippen molar-refractivity contribution < 1.29 is 8.42 Å². The van der Waals surface area contributed by atoms with Gasteiger partial charge in [-0.25, -0.2) is 13.1 Å². The highest BCUT2D eigenvalue weighted by Gasteiger charge is 2.18. The highest BCUT2D eigenvalue weighted by Crippen LogP contribution is 2.19. The Hall–Kier alpha value is -2.00. The number of nitrogens with zero attached hydrogens (tertiary/aromatic N) is 3. The minimum Gasteiger partial charge on any atom is -0.399 e. The van der Waals surface area contributed by atoms with E-state index in [1.807, 2.05) is 6.92 Å². The molecule has 0 bridgehead atoms. The first-order valence-electron chi connectivity index (χ1n) is 5.63. The van der Waals surface area contributed by atoms with Crippen molar-refractivity contribution in [1.29, 1.82) is 0 Å². The Morgan fingerprint density at radius 3 is 2.84 bits per heavy atom. The SMILES string of the molecule is CCc1ccc(N)cc1S(=O)(=O)NCc1nn[nH]n1. The van der Waals surface area contributed by atoms with Gasteiger partial charge in [0.05, 0.1) is 11.4 Å². The maximum Gasteiger partial charge on any atom is 0.241 e. The van der Waals surface area contributed by atoms with Crippen molar-refractivity contribution in [3.63, 3.8) is 0 Å². The van der Waals surface area contributed by atoms with Gasteiger partial charge in [-0.1, -0.05) is 18.2 Å². The van der Waals surface area contributed by atoms with E-state index in [4.69, 9.17) is 5.73 Å². The predicted molar refractivity (Wildman–Crippen MR) is 68.4 cm³/mol. The van der Waals surface area contributed by atoms with Crippen LogP contribution in [0.1, 0.15) is 18.3 Å². The van der Waals surface area contributed by atoms with E-state index in [0.29, 0.717) is 17.7 Å². The molecule has 0 atom stereocenters. The molecule has 1 heterocycles. The normalized spacial score (nSPS) is 11.6. The lowest BCUT2D eigenvalue weighted by Gasteiger charge is -2.10. The third kappa shape index (κ3) is 3.06. The fraction of sp³-hybridized carbons (Fsp3) is 0.300. The topological polar surface area (TPSA) is 127 Å². The van der Waals surface area contributed by atoms with Gasteiger partial charge in [0.1, 0.15) is 0 Å². The van der Waals surface area contributed by atoms with Crippen LogP contribution in [-0.2, 0) is 23.0 Å². The number of hydrogen-bond acceptors (Lipinski definition) is 6. The molecule has 1 aromatic heterocycles. The number of nitrogens with one attached hydrogen (secondary N) is 2. The molecule has 102 valence electrons. The summed E-state index contributed by atoms with van der Waals surface area (Å²) >= 11 is 0. The molecule has 0 unspecified atom stereocenters. The summed E-state index contributed by atoms with van der Waals surface area (Å²) in [4.78, 5) is 0.179. The van der Waals surface area contributed by atoms with Crippen LogP contribution in [-0.4, -0.2) is 29.0 Å². The van der Waals surface area contributed by atoms with Gasteiger partial charge in [0.15, 0.2) is 5.82 Å². The molecule has 0 aliphatic rings. The van der Waals surface area contributed by atoms with Gasteiger partial charge in [0.25, 0.3) is 0 Å². The van der Waals surface area contributed by atoms with E-state index >= 15 is 0 Å². The van der Waals surface area contributed by atoms with Crippen LogP contribution in [0.5, 0.6) is 0 Å². The number of H-pyrrole nitrogens is 1. The fourth-order valence-electron chi connectivity index (χ4n) is 1.61. The Balaban J connectivity index is 2.26. The summed E-state index contributed by atoms with van der Waals surface area (Å²) in [7, 11) is -3.65. The molecule has 0 spiro atoms. The zero-order valence-electron chi connectivity index (χ0n) is 10.3. The lowest BCUT2D eigenvalue weighted by Crippen LogP contribution is -2.25. The molecule has 8 nitrogen and oxygen atoms in total. The van der Waals surface area contributed by atoms with Crippen molar-refractivity contribution in [2.24, 2.45) is 0 Å². The molecule has 0 aliphatic carbocycles. The van der Waals surface area contributed by atoms with E-state index < -0.39 is 10.0 Å². The smallest absolute Gasteiger partial charge is 0.241 e. The van der Waals surface area contributed by atoms with Crippen molar-refractivity contribution in [3.8, 4) is 0 Å². The van der Waals surface area contributed by atoms with Gasteiger partial charge in [-0.05, 0) is 24.1 Å². The molecule has 4 N–H and O–H groups in total. The lowest BCUT2D eigenvalue weighted by molar-refractivity contribution is 0.578. The first-order valence-corrected chi connectivity index (χ1v) is 7.11. The number of anilines is 1. The Kier molecular flexibility index (Phi) is 3.76. The summed E-state index contributed by atoms with van der Waals surface area (Å²) in [6, 6.07) is 4.83. The molecule has 2 aromatic rings. The summed E-state index contributed by atoms with van der Waals surface area (Å²) in [5.74, 6) is 0.269. The number of hydrogen-bond donors (Lipinski definition) is 3. The average molecular weight is 282 g/mol. The van der Waals surface area contributed by atoms with Crippen molar-refractivity contribution in [2.45, 2.75) is 24.8 Å². The Bertz CT molecular complexity index is 653. The van der Waals surface area contributed by atoms with Crippen LogP contribution in [0.3, 0.4) is 0 Å². The van der Waals surface area contributed by atoms with Gasteiger partial charge >= 0.3 is 0 Å². The number of sulfonamides is 1. The van der Waals surface area contributed by atoms with E-state index in [9.17, 15) is 8.42 Å². The second kappa shape index (κ2) is 5.33. The summed E-state index contributed by atoms with van der Waals surface area (Å²) < 4.78 is 26.8. The molecule has 0 radical (unpaired) electrons. The van der Waals surface area contributed by atoms with Crippen molar-refractivity contribution in [1.82, 2.24) is 25.3 Å². The summed E-state index contributed by atoms with van der Waals surface area (Å²) in [5, 5.41) is 13.0.